The van der Waals surface area contributed by atoms with Crippen LogP contribution < -0.4 is 11.1 Å². The molecule has 0 amide bonds. The van der Waals surface area contributed by atoms with Gasteiger partial charge in [0.05, 0.1) is 21.7 Å². The number of nitrogen functional groups attached to an aromatic ring is 1. The van der Waals surface area contributed by atoms with Gasteiger partial charge < -0.3 is 11.1 Å². The molecule has 4 heteroatoms. The van der Waals surface area contributed by atoms with E-state index in [4.69, 9.17) is 29.6 Å². The van der Waals surface area contributed by atoms with Crippen molar-refractivity contribution in [3.05, 3.63) is 69.8 Å². The van der Waals surface area contributed by atoms with Gasteiger partial charge in [-0.05, 0) is 46.4 Å². The minimum Gasteiger partial charge on any atom is -0.398 e. The lowest BCUT2D eigenvalue weighted by atomic mass is 9.93. The highest BCUT2D eigenvalue weighted by atomic mass is 35.5. The number of hydrogen-bond donors (Lipinski definition) is 2. The van der Waals surface area contributed by atoms with Crippen molar-refractivity contribution in [2.45, 2.75) is 18.9 Å². The molecule has 1 saturated heterocycles. The molecule has 2 aliphatic rings. The van der Waals surface area contributed by atoms with Crippen LogP contribution in [0.3, 0.4) is 0 Å². The Bertz CT molecular complexity index is 826. The Morgan fingerprint density at radius 1 is 1.14 bits per heavy atom. The molecule has 2 aromatic rings. The Labute approximate surface area is 140 Å². The molecule has 1 fully saturated rings. The average Bonchev–Trinajstić information content (AvgIpc) is 2.84. The molecule has 0 radical (unpaired) electrons. The Morgan fingerprint density at radius 2 is 1.95 bits per heavy atom. The maximum Gasteiger partial charge on any atom is 0.0763 e. The molecule has 1 aliphatic carbocycles. The maximum absolute atomic E-state index is 6.23. The molecule has 110 valence electrons. The number of anilines is 1. The Balaban J connectivity index is 1.93. The fourth-order valence-corrected chi connectivity index (χ4v) is 3.82. The number of thiocarbonyl (C=S) groups is 1. The first-order valence-corrected chi connectivity index (χ1v) is 8.11. The fourth-order valence-electron chi connectivity index (χ4n) is 3.42. The topological polar surface area (TPSA) is 38.0 Å². The first-order valence-electron chi connectivity index (χ1n) is 7.32. The number of halogens is 1. The van der Waals surface area contributed by atoms with E-state index >= 15 is 0 Å². The summed E-state index contributed by atoms with van der Waals surface area (Å²) >= 11 is 11.6. The highest BCUT2D eigenvalue weighted by molar-refractivity contribution is 7.80. The zero-order valence-electron chi connectivity index (χ0n) is 11.9. The van der Waals surface area contributed by atoms with Gasteiger partial charge in [-0.1, -0.05) is 54.2 Å². The smallest absolute Gasteiger partial charge is 0.0763 e. The van der Waals surface area contributed by atoms with Crippen LogP contribution in [0.25, 0.3) is 5.57 Å². The average molecular weight is 327 g/mol. The molecule has 1 unspecified atom stereocenters. The molecule has 0 saturated carbocycles. The minimum absolute atomic E-state index is 0.198. The van der Waals surface area contributed by atoms with Gasteiger partial charge in [0, 0.05) is 6.42 Å². The molecule has 2 aromatic carbocycles. The summed E-state index contributed by atoms with van der Waals surface area (Å²) in [7, 11) is 0. The van der Waals surface area contributed by atoms with Gasteiger partial charge in [0.2, 0.25) is 0 Å². The molecule has 1 aliphatic heterocycles. The molecular weight excluding hydrogens is 312 g/mol. The number of nitrogens with one attached hydrogen (secondary N) is 1. The van der Waals surface area contributed by atoms with E-state index in [1.54, 1.807) is 0 Å². The standard InChI is InChI=1S/C18H15ClN2S/c19-14-9-10(5-7-15(14)20)17-11-3-1-2-4-12(11)18-13(17)6-8-16(22)21-18/h1-5,7,9,18H,6,8,20H2,(H,21,22). The van der Waals surface area contributed by atoms with Crippen LogP contribution in [0.2, 0.25) is 5.02 Å². The second-order valence-electron chi connectivity index (χ2n) is 5.72. The summed E-state index contributed by atoms with van der Waals surface area (Å²) < 4.78 is 0. The maximum atomic E-state index is 6.23. The van der Waals surface area contributed by atoms with Crippen LogP contribution in [0.15, 0.2) is 48.0 Å². The summed E-state index contributed by atoms with van der Waals surface area (Å²) in [6.07, 6.45) is 1.89. The van der Waals surface area contributed by atoms with Gasteiger partial charge in [-0.15, -0.1) is 0 Å². The van der Waals surface area contributed by atoms with Crippen LogP contribution in [-0.4, -0.2) is 4.99 Å². The van der Waals surface area contributed by atoms with E-state index in [0.29, 0.717) is 10.7 Å². The number of benzene rings is 2. The second-order valence-corrected chi connectivity index (χ2v) is 6.62. The van der Waals surface area contributed by atoms with Crippen LogP contribution >= 0.6 is 23.8 Å². The minimum atomic E-state index is 0.198. The van der Waals surface area contributed by atoms with E-state index in [1.807, 2.05) is 12.1 Å². The third-order valence-electron chi connectivity index (χ3n) is 4.43. The number of fused-ring (bicyclic) bond motifs is 3. The Hall–Kier alpha value is -1.84. The fraction of sp³-hybridized carbons (Fsp3) is 0.167. The van der Waals surface area contributed by atoms with Crippen molar-refractivity contribution >= 4 is 40.1 Å². The van der Waals surface area contributed by atoms with Crippen LogP contribution in [0.5, 0.6) is 0 Å². The SMILES string of the molecule is Nc1ccc(C2=C3CCC(=S)NC3c3ccccc32)cc1Cl. The van der Waals surface area contributed by atoms with Crippen LogP contribution in [-0.2, 0) is 0 Å². The van der Waals surface area contributed by atoms with Gasteiger partial charge >= 0.3 is 0 Å². The van der Waals surface area contributed by atoms with Crippen molar-refractivity contribution in [3.63, 3.8) is 0 Å². The van der Waals surface area contributed by atoms with E-state index in [0.717, 1.165) is 23.4 Å². The van der Waals surface area contributed by atoms with E-state index in [-0.39, 0.29) is 6.04 Å². The number of piperidine rings is 1. The van der Waals surface area contributed by atoms with Crippen molar-refractivity contribution in [2.75, 3.05) is 5.73 Å². The Morgan fingerprint density at radius 3 is 2.77 bits per heavy atom. The molecule has 0 bridgehead atoms. The number of rotatable bonds is 1. The largest absolute Gasteiger partial charge is 0.398 e. The van der Waals surface area contributed by atoms with Crippen LogP contribution in [0.4, 0.5) is 5.69 Å². The third kappa shape index (κ3) is 2.04. The highest BCUT2D eigenvalue weighted by Crippen LogP contribution is 2.47. The monoisotopic (exact) mass is 326 g/mol. The van der Waals surface area contributed by atoms with Gasteiger partial charge in [-0.2, -0.15) is 0 Å². The van der Waals surface area contributed by atoms with E-state index in [9.17, 15) is 0 Å². The summed E-state index contributed by atoms with van der Waals surface area (Å²) in [6, 6.07) is 14.6. The number of nitrogens with two attached hydrogens (primary N) is 1. The van der Waals surface area contributed by atoms with E-state index in [2.05, 4.69) is 35.6 Å². The van der Waals surface area contributed by atoms with Crippen molar-refractivity contribution in [2.24, 2.45) is 0 Å². The predicted octanol–water partition coefficient (Wildman–Crippen LogP) is 4.49. The lowest BCUT2D eigenvalue weighted by Crippen LogP contribution is -2.31. The summed E-state index contributed by atoms with van der Waals surface area (Å²) in [5, 5.41) is 4.08. The molecule has 0 aromatic heterocycles. The van der Waals surface area contributed by atoms with Crippen molar-refractivity contribution < 1.29 is 0 Å². The van der Waals surface area contributed by atoms with Gasteiger partial charge in [0.1, 0.15) is 0 Å². The lowest BCUT2D eigenvalue weighted by Gasteiger charge is -2.26. The normalized spacial score (nSPS) is 19.7. The third-order valence-corrected chi connectivity index (χ3v) is 5.08. The lowest BCUT2D eigenvalue weighted by molar-refractivity contribution is 0.679. The molecule has 1 heterocycles. The molecule has 0 spiro atoms. The van der Waals surface area contributed by atoms with Crippen LogP contribution in [0.1, 0.15) is 35.6 Å². The van der Waals surface area contributed by atoms with Gasteiger partial charge in [0.15, 0.2) is 0 Å². The first kappa shape index (κ1) is 13.8. The highest BCUT2D eigenvalue weighted by Gasteiger charge is 2.34. The number of hydrogen-bond acceptors (Lipinski definition) is 2. The van der Waals surface area contributed by atoms with E-state index < -0.39 is 0 Å². The summed E-state index contributed by atoms with van der Waals surface area (Å²) in [6.45, 7) is 0. The quantitative estimate of drug-likeness (QED) is 0.599. The molecule has 1 atom stereocenters. The van der Waals surface area contributed by atoms with Gasteiger partial charge in [-0.25, -0.2) is 0 Å². The summed E-state index contributed by atoms with van der Waals surface area (Å²) in [5.74, 6) is 0. The summed E-state index contributed by atoms with van der Waals surface area (Å²) in [5.41, 5.74) is 12.8. The first-order chi connectivity index (χ1) is 10.6. The van der Waals surface area contributed by atoms with Gasteiger partial charge in [-0.3, -0.25) is 0 Å². The molecule has 2 nitrogen and oxygen atoms in total. The van der Waals surface area contributed by atoms with Crippen LogP contribution in [0, 0.1) is 0 Å². The zero-order chi connectivity index (χ0) is 15.3. The molecule has 3 N–H and O–H groups in total. The second kappa shape index (κ2) is 5.11. The zero-order valence-corrected chi connectivity index (χ0v) is 13.5. The van der Waals surface area contributed by atoms with Crippen molar-refractivity contribution in [3.8, 4) is 0 Å². The van der Waals surface area contributed by atoms with Crippen molar-refractivity contribution in [1.29, 1.82) is 0 Å². The Kier molecular flexibility index (Phi) is 3.21. The van der Waals surface area contributed by atoms with Gasteiger partial charge in [0.25, 0.3) is 0 Å². The van der Waals surface area contributed by atoms with E-state index in [1.165, 1.54) is 22.3 Å². The summed E-state index contributed by atoms with van der Waals surface area (Å²) in [4.78, 5) is 0.945. The van der Waals surface area contributed by atoms with Crippen molar-refractivity contribution in [1.82, 2.24) is 5.32 Å². The molecule has 4 rings (SSSR count). The molecular formula is C18H15ClN2S. The predicted molar refractivity (Wildman–Crippen MR) is 96.0 cm³/mol. The molecule has 22 heavy (non-hydrogen) atoms.